The van der Waals surface area contributed by atoms with Crippen molar-refractivity contribution in [2.24, 2.45) is 4.99 Å². The molecule has 8 heteroatoms. The Morgan fingerprint density at radius 3 is 2.30 bits per heavy atom. The largest absolute Gasteiger partial charge is 0.356 e. The lowest BCUT2D eigenvalue weighted by Crippen LogP contribution is -2.43. The first kappa shape index (κ1) is 25.6. The Morgan fingerprint density at radius 1 is 1.11 bits per heavy atom. The number of carbonyl (C=O) groups is 1. The second-order valence-corrected chi connectivity index (χ2v) is 6.70. The van der Waals surface area contributed by atoms with Gasteiger partial charge in [-0.3, -0.25) is 19.7 Å². The minimum Gasteiger partial charge on any atom is -0.356 e. The Labute approximate surface area is 180 Å². The molecule has 154 valence electrons. The van der Waals surface area contributed by atoms with Crippen LogP contribution in [0.1, 0.15) is 44.5 Å². The van der Waals surface area contributed by atoms with Gasteiger partial charge in [0, 0.05) is 57.7 Å². The molecule has 0 spiro atoms. The molecule has 1 amide bonds. The number of pyridine rings is 1. The first-order valence-electron chi connectivity index (χ1n) is 9.34. The average Bonchev–Trinajstić information content (AvgIpc) is 2.63. The minimum absolute atomic E-state index is 0. The molecule has 0 saturated heterocycles. The van der Waals surface area contributed by atoms with Gasteiger partial charge in [0.2, 0.25) is 0 Å². The number of nitrogens with zero attached hydrogens (tertiary/aromatic N) is 3. The molecule has 0 unspecified atom stereocenters. The van der Waals surface area contributed by atoms with E-state index in [9.17, 15) is 4.79 Å². The highest BCUT2D eigenvalue weighted by molar-refractivity contribution is 14.0. The van der Waals surface area contributed by atoms with Crippen molar-refractivity contribution in [3.63, 3.8) is 0 Å². The van der Waals surface area contributed by atoms with Crippen molar-refractivity contribution in [3.05, 3.63) is 30.1 Å². The van der Waals surface area contributed by atoms with Gasteiger partial charge in [-0.15, -0.1) is 24.0 Å². The molecule has 1 aromatic rings. The fraction of sp³-hybridized carbons (Fsp3) is 0.632. The van der Waals surface area contributed by atoms with Crippen molar-refractivity contribution in [1.29, 1.82) is 0 Å². The summed E-state index contributed by atoms with van der Waals surface area (Å²) in [4.78, 5) is 22.5. The number of nitrogens with one attached hydrogen (secondary N) is 3. The first-order valence-corrected chi connectivity index (χ1v) is 9.34. The molecular weight excluding hydrogens is 455 g/mol. The zero-order valence-corrected chi connectivity index (χ0v) is 19.5. The number of hydrogen-bond donors (Lipinski definition) is 3. The molecule has 0 aliphatic rings. The van der Waals surface area contributed by atoms with Crippen LogP contribution in [0.5, 0.6) is 0 Å². The van der Waals surface area contributed by atoms with Crippen molar-refractivity contribution < 1.29 is 4.79 Å². The van der Waals surface area contributed by atoms with E-state index in [-0.39, 0.29) is 29.9 Å². The SMILES string of the molecule is CN=C(NCCCN(C(C)C)C(C)C)NCCNC(=O)c1cccnc1.I. The molecule has 27 heavy (non-hydrogen) atoms. The van der Waals surface area contributed by atoms with Crippen LogP contribution in [0.25, 0.3) is 0 Å². The summed E-state index contributed by atoms with van der Waals surface area (Å²) < 4.78 is 0. The van der Waals surface area contributed by atoms with Crippen LogP contribution in [0.15, 0.2) is 29.5 Å². The van der Waals surface area contributed by atoms with Crippen LogP contribution in [0.2, 0.25) is 0 Å². The standard InChI is InChI=1S/C19H34N6O.HI/c1-15(2)25(16(3)4)13-7-10-23-19(20-5)24-12-11-22-18(26)17-8-6-9-21-14-17;/h6,8-9,14-16H,7,10-13H2,1-5H3,(H,22,26)(H2,20,23,24);1H. The zero-order valence-electron chi connectivity index (χ0n) is 17.2. The average molecular weight is 490 g/mol. The summed E-state index contributed by atoms with van der Waals surface area (Å²) in [6.07, 6.45) is 4.26. The summed E-state index contributed by atoms with van der Waals surface area (Å²) in [6, 6.07) is 4.60. The van der Waals surface area contributed by atoms with Crippen LogP contribution < -0.4 is 16.0 Å². The summed E-state index contributed by atoms with van der Waals surface area (Å²) in [7, 11) is 1.75. The normalized spacial score (nSPS) is 11.5. The van der Waals surface area contributed by atoms with E-state index in [0.717, 1.165) is 25.5 Å². The third kappa shape index (κ3) is 10.5. The number of aromatic nitrogens is 1. The molecule has 0 radical (unpaired) electrons. The van der Waals surface area contributed by atoms with Gasteiger partial charge < -0.3 is 16.0 Å². The molecule has 0 aliphatic heterocycles. The molecule has 0 aromatic carbocycles. The van der Waals surface area contributed by atoms with Crippen LogP contribution in [-0.2, 0) is 0 Å². The number of halogens is 1. The highest BCUT2D eigenvalue weighted by atomic mass is 127. The van der Waals surface area contributed by atoms with E-state index in [1.54, 1.807) is 31.6 Å². The van der Waals surface area contributed by atoms with Gasteiger partial charge in [-0.2, -0.15) is 0 Å². The fourth-order valence-corrected chi connectivity index (χ4v) is 2.76. The minimum atomic E-state index is -0.120. The summed E-state index contributed by atoms with van der Waals surface area (Å²) in [5.74, 6) is 0.631. The van der Waals surface area contributed by atoms with E-state index < -0.39 is 0 Å². The van der Waals surface area contributed by atoms with Crippen LogP contribution >= 0.6 is 24.0 Å². The summed E-state index contributed by atoms with van der Waals surface area (Å²) in [5.41, 5.74) is 0.565. The van der Waals surface area contributed by atoms with Gasteiger partial charge >= 0.3 is 0 Å². The Morgan fingerprint density at radius 2 is 1.74 bits per heavy atom. The Kier molecular flexibility index (Phi) is 13.8. The number of hydrogen-bond acceptors (Lipinski definition) is 4. The fourth-order valence-electron chi connectivity index (χ4n) is 2.76. The van der Waals surface area contributed by atoms with Crippen molar-refractivity contribution in [2.45, 2.75) is 46.2 Å². The Balaban J connectivity index is 0.00000676. The number of aliphatic imine (C=N–C) groups is 1. The van der Waals surface area contributed by atoms with Crippen LogP contribution in [0, 0.1) is 0 Å². The lowest BCUT2D eigenvalue weighted by atomic mass is 10.2. The van der Waals surface area contributed by atoms with Gasteiger partial charge in [-0.05, 0) is 46.2 Å². The molecule has 0 bridgehead atoms. The predicted octanol–water partition coefficient (Wildman–Crippen LogP) is 2.10. The van der Waals surface area contributed by atoms with Crippen LogP contribution in [0.4, 0.5) is 0 Å². The third-order valence-electron chi connectivity index (χ3n) is 4.06. The molecule has 7 nitrogen and oxygen atoms in total. The van der Waals surface area contributed by atoms with E-state index in [0.29, 0.717) is 30.7 Å². The van der Waals surface area contributed by atoms with E-state index in [1.165, 1.54) is 0 Å². The highest BCUT2D eigenvalue weighted by Crippen LogP contribution is 2.05. The van der Waals surface area contributed by atoms with Gasteiger partial charge in [0.15, 0.2) is 5.96 Å². The molecule has 0 saturated carbocycles. The topological polar surface area (TPSA) is 81.7 Å². The molecule has 1 heterocycles. The molecule has 1 aromatic heterocycles. The van der Waals surface area contributed by atoms with Crippen LogP contribution in [-0.4, -0.2) is 67.1 Å². The van der Waals surface area contributed by atoms with Crippen molar-refractivity contribution in [1.82, 2.24) is 25.8 Å². The molecule has 1 rings (SSSR count). The Bertz CT molecular complexity index is 542. The quantitative estimate of drug-likeness (QED) is 0.203. The molecule has 0 aliphatic carbocycles. The lowest BCUT2D eigenvalue weighted by molar-refractivity contribution is 0.0954. The predicted molar refractivity (Wildman–Crippen MR) is 123 cm³/mol. The van der Waals surface area contributed by atoms with Crippen LogP contribution in [0.3, 0.4) is 0 Å². The molecule has 0 fully saturated rings. The maximum Gasteiger partial charge on any atom is 0.252 e. The van der Waals surface area contributed by atoms with E-state index in [1.807, 2.05) is 0 Å². The lowest BCUT2D eigenvalue weighted by Gasteiger charge is -2.30. The summed E-state index contributed by atoms with van der Waals surface area (Å²) >= 11 is 0. The number of guanidine groups is 1. The van der Waals surface area contributed by atoms with Crippen molar-refractivity contribution in [3.8, 4) is 0 Å². The number of amides is 1. The second kappa shape index (κ2) is 14.6. The Hall–Kier alpha value is -1.42. The van der Waals surface area contributed by atoms with Crippen molar-refractivity contribution >= 4 is 35.8 Å². The molecular formula is C19H35IN6O. The number of rotatable bonds is 10. The van der Waals surface area contributed by atoms with Crippen molar-refractivity contribution in [2.75, 3.05) is 33.2 Å². The smallest absolute Gasteiger partial charge is 0.252 e. The van der Waals surface area contributed by atoms with Gasteiger partial charge in [0.05, 0.1) is 5.56 Å². The molecule has 3 N–H and O–H groups in total. The maximum absolute atomic E-state index is 11.9. The third-order valence-corrected chi connectivity index (χ3v) is 4.06. The monoisotopic (exact) mass is 490 g/mol. The molecule has 0 atom stereocenters. The first-order chi connectivity index (χ1) is 12.5. The van der Waals surface area contributed by atoms with Gasteiger partial charge in [0.1, 0.15) is 0 Å². The summed E-state index contributed by atoms with van der Waals surface area (Å²) in [6.45, 7) is 12.0. The summed E-state index contributed by atoms with van der Waals surface area (Å²) in [5, 5.41) is 9.37. The number of carbonyl (C=O) groups excluding carboxylic acids is 1. The zero-order chi connectivity index (χ0) is 19.4. The highest BCUT2D eigenvalue weighted by Gasteiger charge is 2.12. The van der Waals surface area contributed by atoms with Gasteiger partial charge in [0.25, 0.3) is 5.91 Å². The van der Waals surface area contributed by atoms with E-state index in [2.05, 4.69) is 58.5 Å². The maximum atomic E-state index is 11.9. The van der Waals surface area contributed by atoms with Gasteiger partial charge in [-0.25, -0.2) is 0 Å². The van der Waals surface area contributed by atoms with E-state index in [4.69, 9.17) is 0 Å². The van der Waals surface area contributed by atoms with E-state index >= 15 is 0 Å². The second-order valence-electron chi connectivity index (χ2n) is 6.70. The van der Waals surface area contributed by atoms with Gasteiger partial charge in [-0.1, -0.05) is 0 Å².